The van der Waals surface area contributed by atoms with Crippen LogP contribution in [0.15, 0.2) is 42.5 Å². The Morgan fingerprint density at radius 1 is 0.920 bits per heavy atom. The first-order chi connectivity index (χ1) is 11.8. The van der Waals surface area contributed by atoms with Gasteiger partial charge in [0.15, 0.2) is 0 Å². The molecule has 0 aliphatic heterocycles. The highest BCUT2D eigenvalue weighted by Gasteiger charge is 2.26. The molecule has 0 saturated carbocycles. The van der Waals surface area contributed by atoms with Crippen LogP contribution in [0.1, 0.15) is 26.3 Å². The van der Waals surface area contributed by atoms with Crippen LogP contribution in [0.4, 0.5) is 11.4 Å². The monoisotopic (exact) mass is 346 g/mol. The number of hydrogen-bond donors (Lipinski definition) is 1. The van der Waals surface area contributed by atoms with Crippen molar-refractivity contribution < 1.29 is 29.3 Å². The van der Waals surface area contributed by atoms with Gasteiger partial charge in [-0.2, -0.15) is 0 Å². The van der Waals surface area contributed by atoms with Crippen LogP contribution in [0.3, 0.4) is 0 Å². The summed E-state index contributed by atoms with van der Waals surface area (Å²) in [5.74, 6) is -2.42. The second kappa shape index (κ2) is 7.17. The van der Waals surface area contributed by atoms with Crippen LogP contribution < -0.4 is 0 Å². The highest BCUT2D eigenvalue weighted by atomic mass is 16.6. The van der Waals surface area contributed by atoms with Crippen molar-refractivity contribution in [2.45, 2.75) is 6.61 Å². The zero-order valence-electron chi connectivity index (χ0n) is 12.4. The first-order valence-corrected chi connectivity index (χ1v) is 6.73. The molecule has 0 heterocycles. The molecule has 2 rings (SSSR count). The van der Waals surface area contributed by atoms with Crippen molar-refractivity contribution in [2.24, 2.45) is 0 Å². The zero-order chi connectivity index (χ0) is 18.6. The number of nitrogens with zero attached hydrogens (tertiary/aromatic N) is 2. The van der Waals surface area contributed by atoms with Gasteiger partial charge in [-0.05, 0) is 18.2 Å². The Bertz CT molecular complexity index is 845. The Kier molecular flexibility index (Phi) is 5.03. The summed E-state index contributed by atoms with van der Waals surface area (Å²) in [4.78, 5) is 43.6. The number of rotatable bonds is 6. The summed E-state index contributed by atoms with van der Waals surface area (Å²) < 4.78 is 4.88. The van der Waals surface area contributed by atoms with Crippen molar-refractivity contribution in [1.82, 2.24) is 0 Å². The number of carboxylic acids is 1. The fraction of sp³-hybridized carbons (Fsp3) is 0.0667. The van der Waals surface area contributed by atoms with E-state index in [9.17, 15) is 29.8 Å². The number of aromatic carboxylic acids is 1. The zero-order valence-corrected chi connectivity index (χ0v) is 12.4. The Morgan fingerprint density at radius 2 is 1.44 bits per heavy atom. The summed E-state index contributed by atoms with van der Waals surface area (Å²) in [6.45, 7) is -0.750. The molecule has 128 valence electrons. The Balaban J connectivity index is 2.33. The number of carbonyl (C=O) groups excluding carboxylic acids is 1. The van der Waals surface area contributed by atoms with Crippen LogP contribution in [0, 0.1) is 20.2 Å². The van der Waals surface area contributed by atoms with Crippen molar-refractivity contribution >= 4 is 23.3 Å². The molecule has 10 heteroatoms. The van der Waals surface area contributed by atoms with Crippen molar-refractivity contribution in [3.63, 3.8) is 0 Å². The van der Waals surface area contributed by atoms with Gasteiger partial charge < -0.3 is 9.84 Å². The normalized spacial score (nSPS) is 10.1. The first kappa shape index (κ1) is 17.5. The van der Waals surface area contributed by atoms with E-state index < -0.39 is 45.3 Å². The molecule has 0 aliphatic carbocycles. The predicted molar refractivity (Wildman–Crippen MR) is 82.3 cm³/mol. The molecular weight excluding hydrogens is 336 g/mol. The highest BCUT2D eigenvalue weighted by Crippen LogP contribution is 2.29. The lowest BCUT2D eigenvalue weighted by atomic mass is 10.1. The topological polar surface area (TPSA) is 150 Å². The van der Waals surface area contributed by atoms with Crippen LogP contribution in [0.25, 0.3) is 0 Å². The quantitative estimate of drug-likeness (QED) is 0.476. The number of esters is 1. The van der Waals surface area contributed by atoms with Crippen LogP contribution in [-0.4, -0.2) is 26.9 Å². The van der Waals surface area contributed by atoms with Crippen LogP contribution >= 0.6 is 0 Å². The Morgan fingerprint density at radius 3 is 1.92 bits per heavy atom. The van der Waals surface area contributed by atoms with Crippen LogP contribution in [0.5, 0.6) is 0 Å². The predicted octanol–water partition coefficient (Wildman–Crippen LogP) is 2.56. The van der Waals surface area contributed by atoms with Gasteiger partial charge in [-0.25, -0.2) is 9.59 Å². The average Bonchev–Trinajstić information content (AvgIpc) is 2.58. The minimum Gasteiger partial charge on any atom is -0.478 e. The Hall–Kier alpha value is -3.82. The number of carbonyl (C=O) groups is 2. The van der Waals surface area contributed by atoms with E-state index in [0.29, 0.717) is 0 Å². The molecule has 1 N–H and O–H groups in total. The number of hydrogen-bond acceptors (Lipinski definition) is 7. The van der Waals surface area contributed by atoms with Crippen molar-refractivity contribution in [3.8, 4) is 0 Å². The van der Waals surface area contributed by atoms with E-state index in [2.05, 4.69) is 0 Å². The maximum Gasteiger partial charge on any atom is 0.339 e. The lowest BCUT2D eigenvalue weighted by Gasteiger charge is -2.08. The molecule has 0 aliphatic rings. The molecule has 2 aromatic carbocycles. The van der Waals surface area contributed by atoms with E-state index in [1.54, 1.807) is 0 Å². The van der Waals surface area contributed by atoms with Gasteiger partial charge in [-0.3, -0.25) is 20.2 Å². The SMILES string of the molecule is O=C(O)c1ccccc1C(=O)OCc1c([N+](=O)[O-])cccc1[N+](=O)[O-]. The van der Waals surface area contributed by atoms with E-state index in [4.69, 9.17) is 9.84 Å². The van der Waals surface area contributed by atoms with E-state index >= 15 is 0 Å². The third kappa shape index (κ3) is 3.75. The van der Waals surface area contributed by atoms with Gasteiger partial charge in [-0.1, -0.05) is 12.1 Å². The standard InChI is InChI=1S/C15H10N2O8/c18-14(19)9-4-1-2-5-10(9)15(20)25-8-11-12(16(21)22)6-3-7-13(11)17(23)24/h1-7H,8H2,(H,18,19). The molecule has 0 amide bonds. The van der Waals surface area contributed by atoms with Crippen molar-refractivity contribution in [2.75, 3.05) is 0 Å². The molecule has 0 radical (unpaired) electrons. The molecule has 0 unspecified atom stereocenters. The van der Waals surface area contributed by atoms with Crippen LogP contribution in [0.2, 0.25) is 0 Å². The molecule has 0 spiro atoms. The summed E-state index contributed by atoms with van der Waals surface area (Å²) >= 11 is 0. The molecule has 10 nitrogen and oxygen atoms in total. The minimum absolute atomic E-state index is 0.267. The second-order valence-electron chi connectivity index (χ2n) is 4.72. The fourth-order valence-corrected chi connectivity index (χ4v) is 2.12. The van der Waals surface area contributed by atoms with Crippen molar-refractivity contribution in [3.05, 3.63) is 79.4 Å². The van der Waals surface area contributed by atoms with Gasteiger partial charge in [0.05, 0.1) is 21.0 Å². The lowest BCUT2D eigenvalue weighted by molar-refractivity contribution is -0.396. The largest absolute Gasteiger partial charge is 0.478 e. The number of benzene rings is 2. The summed E-state index contributed by atoms with van der Waals surface area (Å²) in [7, 11) is 0. The van der Waals surface area contributed by atoms with E-state index in [-0.39, 0.29) is 11.1 Å². The summed E-state index contributed by atoms with van der Waals surface area (Å²) in [6.07, 6.45) is 0. The minimum atomic E-state index is -1.36. The first-order valence-electron chi connectivity index (χ1n) is 6.73. The number of carboxylic acid groups (broad SMARTS) is 1. The third-order valence-corrected chi connectivity index (χ3v) is 3.24. The summed E-state index contributed by atoms with van der Waals surface area (Å²) in [5.41, 5.74) is -2.12. The smallest absolute Gasteiger partial charge is 0.339 e. The van der Waals surface area contributed by atoms with E-state index in [0.717, 1.165) is 18.2 Å². The maximum absolute atomic E-state index is 12.1. The Labute approximate surface area is 139 Å². The van der Waals surface area contributed by atoms with Gasteiger partial charge in [0.1, 0.15) is 12.2 Å². The molecule has 0 fully saturated rings. The van der Waals surface area contributed by atoms with Gasteiger partial charge >= 0.3 is 11.9 Å². The molecule has 0 saturated heterocycles. The fourth-order valence-electron chi connectivity index (χ4n) is 2.12. The van der Waals surface area contributed by atoms with Crippen LogP contribution in [-0.2, 0) is 11.3 Å². The third-order valence-electron chi connectivity index (χ3n) is 3.24. The maximum atomic E-state index is 12.1. The molecule has 0 aromatic heterocycles. The van der Waals surface area contributed by atoms with Gasteiger partial charge in [0.2, 0.25) is 0 Å². The molecule has 0 atom stereocenters. The van der Waals surface area contributed by atoms with Crippen molar-refractivity contribution in [1.29, 1.82) is 0 Å². The molecule has 0 bridgehead atoms. The second-order valence-corrected chi connectivity index (χ2v) is 4.72. The number of ether oxygens (including phenoxy) is 1. The summed E-state index contributed by atoms with van der Waals surface area (Å²) in [5, 5.41) is 31.1. The lowest BCUT2D eigenvalue weighted by Crippen LogP contribution is -2.12. The summed E-state index contributed by atoms with van der Waals surface area (Å²) in [6, 6.07) is 8.44. The highest BCUT2D eigenvalue weighted by molar-refractivity contribution is 6.02. The molecular formula is C15H10N2O8. The number of nitro groups is 2. The molecule has 25 heavy (non-hydrogen) atoms. The van der Waals surface area contributed by atoms with Gasteiger partial charge in [-0.15, -0.1) is 0 Å². The number of nitro benzene ring substituents is 2. The average molecular weight is 346 g/mol. The van der Waals surface area contributed by atoms with Gasteiger partial charge in [0, 0.05) is 12.1 Å². The van der Waals surface area contributed by atoms with Gasteiger partial charge in [0.25, 0.3) is 11.4 Å². The molecule has 2 aromatic rings. The van der Waals surface area contributed by atoms with E-state index in [1.807, 2.05) is 0 Å². The van der Waals surface area contributed by atoms with E-state index in [1.165, 1.54) is 24.3 Å².